The van der Waals surface area contributed by atoms with Crippen LogP contribution in [0.3, 0.4) is 0 Å². The Morgan fingerprint density at radius 3 is 2.83 bits per heavy atom. The lowest BCUT2D eigenvalue weighted by molar-refractivity contribution is 0.179. The molecule has 0 spiro atoms. The summed E-state index contributed by atoms with van der Waals surface area (Å²) in [4.78, 5) is 1.79. The zero-order chi connectivity index (χ0) is 13.5. The molecular weight excluding hydrogens is 246 g/mol. The fraction of sp³-hybridized carbons (Fsp3) is 0.385. The van der Waals surface area contributed by atoms with Crippen LogP contribution in [0.15, 0.2) is 24.3 Å². The standard InChI is InChI=1S/C13H17N3OS/c1-10(9-17-3)15-13(18)16(2)12-7-5-4-6-11(12)8-14/h4-7,10H,9H2,1-3H3,(H,15,18). The zero-order valence-electron chi connectivity index (χ0n) is 10.8. The molecule has 1 aromatic carbocycles. The van der Waals surface area contributed by atoms with Crippen LogP contribution in [0, 0.1) is 11.3 Å². The van der Waals surface area contributed by atoms with Gasteiger partial charge in [0.15, 0.2) is 5.11 Å². The van der Waals surface area contributed by atoms with Gasteiger partial charge in [0, 0.05) is 20.2 Å². The molecule has 0 heterocycles. The molecule has 18 heavy (non-hydrogen) atoms. The molecule has 0 bridgehead atoms. The second-order valence-corrected chi connectivity index (χ2v) is 4.38. The Kier molecular flexibility index (Phi) is 5.56. The largest absolute Gasteiger partial charge is 0.383 e. The van der Waals surface area contributed by atoms with Crippen molar-refractivity contribution < 1.29 is 4.74 Å². The van der Waals surface area contributed by atoms with Crippen molar-refractivity contribution in [3.8, 4) is 6.07 Å². The van der Waals surface area contributed by atoms with Gasteiger partial charge in [-0.2, -0.15) is 5.26 Å². The maximum atomic E-state index is 9.05. The van der Waals surface area contributed by atoms with Crippen molar-refractivity contribution in [2.24, 2.45) is 0 Å². The summed E-state index contributed by atoms with van der Waals surface area (Å²) in [5.41, 5.74) is 1.39. The first-order valence-corrected chi connectivity index (χ1v) is 6.03. The molecule has 1 atom stereocenters. The number of anilines is 1. The molecule has 0 amide bonds. The number of methoxy groups -OCH3 is 1. The van der Waals surface area contributed by atoms with E-state index in [1.165, 1.54) is 0 Å². The third-order valence-corrected chi connectivity index (χ3v) is 2.87. The van der Waals surface area contributed by atoms with E-state index in [9.17, 15) is 0 Å². The maximum absolute atomic E-state index is 9.05. The molecule has 0 radical (unpaired) electrons. The van der Waals surface area contributed by atoms with Crippen LogP contribution >= 0.6 is 12.2 Å². The fourth-order valence-electron chi connectivity index (χ4n) is 1.57. The molecule has 96 valence electrons. The molecule has 0 fully saturated rings. The lowest BCUT2D eigenvalue weighted by Crippen LogP contribution is -2.43. The van der Waals surface area contributed by atoms with Crippen LogP contribution in [-0.2, 0) is 4.74 Å². The Morgan fingerprint density at radius 2 is 2.22 bits per heavy atom. The van der Waals surface area contributed by atoms with E-state index < -0.39 is 0 Å². The van der Waals surface area contributed by atoms with E-state index in [0.717, 1.165) is 5.69 Å². The summed E-state index contributed by atoms with van der Waals surface area (Å²) < 4.78 is 5.04. The minimum absolute atomic E-state index is 0.124. The summed E-state index contributed by atoms with van der Waals surface area (Å²) >= 11 is 5.31. The van der Waals surface area contributed by atoms with Crippen LogP contribution in [0.2, 0.25) is 0 Å². The van der Waals surface area contributed by atoms with E-state index in [0.29, 0.717) is 17.3 Å². The smallest absolute Gasteiger partial charge is 0.173 e. The average molecular weight is 263 g/mol. The summed E-state index contributed by atoms with van der Waals surface area (Å²) in [5, 5.41) is 12.8. The first-order valence-electron chi connectivity index (χ1n) is 5.62. The Balaban J connectivity index is 2.78. The van der Waals surface area contributed by atoms with Crippen molar-refractivity contribution >= 4 is 23.0 Å². The van der Waals surface area contributed by atoms with Crippen LogP contribution in [0.5, 0.6) is 0 Å². The van der Waals surface area contributed by atoms with Gasteiger partial charge in [-0.3, -0.25) is 0 Å². The number of rotatable bonds is 4. The number of para-hydroxylation sites is 1. The normalized spacial score (nSPS) is 11.4. The summed E-state index contributed by atoms with van der Waals surface area (Å²) in [6.45, 7) is 2.56. The molecule has 1 unspecified atom stereocenters. The molecule has 0 saturated carbocycles. The molecule has 1 aromatic rings. The van der Waals surface area contributed by atoms with E-state index in [2.05, 4.69) is 11.4 Å². The second-order valence-electron chi connectivity index (χ2n) is 3.99. The molecule has 5 heteroatoms. The quantitative estimate of drug-likeness (QED) is 0.841. The van der Waals surface area contributed by atoms with Gasteiger partial charge in [0.2, 0.25) is 0 Å². The van der Waals surface area contributed by atoms with Crippen LogP contribution in [0.1, 0.15) is 12.5 Å². The van der Waals surface area contributed by atoms with Crippen molar-refractivity contribution in [1.29, 1.82) is 5.26 Å². The Morgan fingerprint density at radius 1 is 1.56 bits per heavy atom. The maximum Gasteiger partial charge on any atom is 0.173 e. The minimum Gasteiger partial charge on any atom is -0.383 e. The Hall–Kier alpha value is -1.64. The first kappa shape index (κ1) is 14.4. The van der Waals surface area contributed by atoms with Crippen LogP contribution in [0.4, 0.5) is 5.69 Å². The van der Waals surface area contributed by atoms with Crippen molar-refractivity contribution in [3.63, 3.8) is 0 Å². The second kappa shape index (κ2) is 6.94. The van der Waals surface area contributed by atoms with Crippen molar-refractivity contribution in [1.82, 2.24) is 5.32 Å². The topological polar surface area (TPSA) is 48.3 Å². The molecular formula is C13H17N3OS. The van der Waals surface area contributed by atoms with E-state index >= 15 is 0 Å². The highest BCUT2D eigenvalue weighted by Crippen LogP contribution is 2.18. The predicted octanol–water partition coefficient (Wildman–Crippen LogP) is 1.90. The lowest BCUT2D eigenvalue weighted by atomic mass is 10.2. The van der Waals surface area contributed by atoms with Crippen molar-refractivity contribution in [2.75, 3.05) is 25.7 Å². The first-order chi connectivity index (χ1) is 8.60. The van der Waals surface area contributed by atoms with Gasteiger partial charge in [-0.05, 0) is 31.3 Å². The Labute approximate surface area is 113 Å². The molecule has 0 aliphatic heterocycles. The van der Waals surface area contributed by atoms with Gasteiger partial charge in [0.05, 0.1) is 17.9 Å². The number of hydrogen-bond acceptors (Lipinski definition) is 3. The third kappa shape index (κ3) is 3.69. The number of benzene rings is 1. The predicted molar refractivity (Wildman–Crippen MR) is 76.6 cm³/mol. The third-order valence-electron chi connectivity index (χ3n) is 2.48. The highest BCUT2D eigenvalue weighted by atomic mass is 32.1. The number of hydrogen-bond donors (Lipinski definition) is 1. The van der Waals surface area contributed by atoms with Gasteiger partial charge in [-0.25, -0.2) is 0 Å². The summed E-state index contributed by atoms with van der Waals surface area (Å²) in [7, 11) is 3.49. The van der Waals surface area contributed by atoms with E-state index in [1.54, 1.807) is 18.1 Å². The molecule has 4 nitrogen and oxygen atoms in total. The number of nitriles is 1. The van der Waals surface area contributed by atoms with Gasteiger partial charge in [-0.1, -0.05) is 12.1 Å². The fourth-order valence-corrected chi connectivity index (χ4v) is 1.87. The number of ether oxygens (including phenoxy) is 1. The monoisotopic (exact) mass is 263 g/mol. The molecule has 1 rings (SSSR count). The van der Waals surface area contributed by atoms with Gasteiger partial charge in [-0.15, -0.1) is 0 Å². The highest BCUT2D eigenvalue weighted by molar-refractivity contribution is 7.80. The zero-order valence-corrected chi connectivity index (χ0v) is 11.6. The van der Waals surface area contributed by atoms with Crippen LogP contribution in [-0.4, -0.2) is 31.9 Å². The summed E-state index contributed by atoms with van der Waals surface area (Å²) in [5.74, 6) is 0. The molecule has 1 N–H and O–H groups in total. The average Bonchev–Trinajstić information content (AvgIpc) is 2.38. The van der Waals surface area contributed by atoms with Crippen LogP contribution < -0.4 is 10.2 Å². The molecule has 0 aliphatic carbocycles. The van der Waals surface area contributed by atoms with Crippen molar-refractivity contribution in [2.45, 2.75) is 13.0 Å². The molecule has 0 aromatic heterocycles. The van der Waals surface area contributed by atoms with E-state index in [1.807, 2.05) is 32.2 Å². The minimum atomic E-state index is 0.124. The highest BCUT2D eigenvalue weighted by Gasteiger charge is 2.12. The molecule has 0 saturated heterocycles. The molecule has 0 aliphatic rings. The number of nitrogens with one attached hydrogen (secondary N) is 1. The lowest BCUT2D eigenvalue weighted by Gasteiger charge is -2.24. The van der Waals surface area contributed by atoms with Gasteiger partial charge in [0.1, 0.15) is 6.07 Å². The van der Waals surface area contributed by atoms with Crippen molar-refractivity contribution in [3.05, 3.63) is 29.8 Å². The van der Waals surface area contributed by atoms with Crippen LogP contribution in [0.25, 0.3) is 0 Å². The van der Waals surface area contributed by atoms with Gasteiger partial charge < -0.3 is 15.0 Å². The Bertz CT molecular complexity index is 456. The van der Waals surface area contributed by atoms with Gasteiger partial charge in [0.25, 0.3) is 0 Å². The van der Waals surface area contributed by atoms with E-state index in [4.69, 9.17) is 22.2 Å². The van der Waals surface area contributed by atoms with E-state index in [-0.39, 0.29) is 6.04 Å². The SMILES string of the molecule is COCC(C)NC(=S)N(C)c1ccccc1C#N. The number of nitrogens with zero attached hydrogens (tertiary/aromatic N) is 2. The summed E-state index contributed by atoms with van der Waals surface area (Å²) in [6.07, 6.45) is 0. The van der Waals surface area contributed by atoms with Gasteiger partial charge >= 0.3 is 0 Å². The summed E-state index contributed by atoms with van der Waals surface area (Å²) in [6, 6.07) is 9.64. The number of thiocarbonyl (C=S) groups is 1.